The van der Waals surface area contributed by atoms with E-state index in [0.717, 1.165) is 18.4 Å². The highest BCUT2D eigenvalue weighted by Crippen LogP contribution is 2.34. The van der Waals surface area contributed by atoms with E-state index in [1.54, 1.807) is 25.1 Å². The number of benzene rings is 1. The largest absolute Gasteiger partial charge is 0.487 e. The number of sulfonamides is 1. The average Bonchev–Trinajstić information content (AvgIpc) is 3.22. The molecule has 1 saturated carbocycles. The summed E-state index contributed by atoms with van der Waals surface area (Å²) in [5.74, 6) is 7.25. The summed E-state index contributed by atoms with van der Waals surface area (Å²) in [5, 5.41) is 12.8. The van der Waals surface area contributed by atoms with Gasteiger partial charge in [0.15, 0.2) is 0 Å². The lowest BCUT2D eigenvalue weighted by molar-refractivity contribution is 0.103. The van der Waals surface area contributed by atoms with Gasteiger partial charge in [-0.05, 0) is 45.0 Å². The molecule has 3 rings (SSSR count). The van der Waals surface area contributed by atoms with Gasteiger partial charge in [-0.2, -0.15) is 4.31 Å². The van der Waals surface area contributed by atoms with Gasteiger partial charge in [0.1, 0.15) is 16.7 Å². The fraction of sp³-hybridized carbons (Fsp3) is 0.636. The molecule has 29 heavy (non-hydrogen) atoms. The summed E-state index contributed by atoms with van der Waals surface area (Å²) in [6, 6.07) is 4.58. The van der Waals surface area contributed by atoms with Gasteiger partial charge in [-0.15, -0.1) is 0 Å². The number of nitrogens with one attached hydrogen (secondary N) is 1. The maximum Gasteiger partial charge on any atom is 0.247 e. The van der Waals surface area contributed by atoms with Crippen LogP contribution < -0.4 is 10.1 Å². The van der Waals surface area contributed by atoms with E-state index in [-0.39, 0.29) is 23.5 Å². The van der Waals surface area contributed by atoms with Gasteiger partial charge in [0, 0.05) is 36.5 Å². The van der Waals surface area contributed by atoms with Gasteiger partial charge in [-0.25, -0.2) is 8.42 Å². The van der Waals surface area contributed by atoms with Crippen molar-refractivity contribution < 1.29 is 18.3 Å². The van der Waals surface area contributed by atoms with E-state index >= 15 is 0 Å². The smallest absolute Gasteiger partial charge is 0.247 e. The number of nitrogens with zero attached hydrogens (tertiary/aromatic N) is 1. The first-order valence-corrected chi connectivity index (χ1v) is 11.9. The summed E-state index contributed by atoms with van der Waals surface area (Å²) in [6.07, 6.45) is 4.54. The van der Waals surface area contributed by atoms with Crippen LogP contribution in [-0.2, 0) is 10.0 Å². The number of fused-ring (bicyclic) bond motifs is 1. The summed E-state index contributed by atoms with van der Waals surface area (Å²) >= 11 is 0. The maximum atomic E-state index is 13.3. The lowest BCUT2D eigenvalue weighted by Crippen LogP contribution is -2.49. The maximum absolute atomic E-state index is 13.3. The molecule has 1 aromatic rings. The highest BCUT2D eigenvalue weighted by molar-refractivity contribution is 7.89. The number of hydrogen-bond acceptors (Lipinski definition) is 5. The molecule has 0 amide bonds. The van der Waals surface area contributed by atoms with Crippen LogP contribution in [0.4, 0.5) is 0 Å². The zero-order valence-corrected chi connectivity index (χ0v) is 18.3. The third kappa shape index (κ3) is 4.95. The Morgan fingerprint density at radius 2 is 2.07 bits per heavy atom. The second-order valence-electron chi connectivity index (χ2n) is 8.21. The van der Waals surface area contributed by atoms with E-state index < -0.39 is 16.1 Å². The topological polar surface area (TPSA) is 78.9 Å². The van der Waals surface area contributed by atoms with E-state index in [4.69, 9.17) is 4.74 Å². The summed E-state index contributed by atoms with van der Waals surface area (Å²) < 4.78 is 34.3. The molecule has 1 aromatic carbocycles. The Morgan fingerprint density at radius 3 is 2.72 bits per heavy atom. The number of likely N-dealkylation sites (N-methyl/N-ethyl adjacent to an activating group) is 1. The van der Waals surface area contributed by atoms with Crippen molar-refractivity contribution >= 4 is 10.0 Å². The second kappa shape index (κ2) is 9.48. The Morgan fingerprint density at radius 1 is 1.34 bits per heavy atom. The molecule has 1 heterocycles. The van der Waals surface area contributed by atoms with Gasteiger partial charge >= 0.3 is 0 Å². The quantitative estimate of drug-likeness (QED) is 0.731. The van der Waals surface area contributed by atoms with Gasteiger partial charge in [-0.3, -0.25) is 0 Å². The van der Waals surface area contributed by atoms with Crippen LogP contribution in [0.25, 0.3) is 0 Å². The Kier molecular flexibility index (Phi) is 7.23. The highest BCUT2D eigenvalue weighted by atomic mass is 32.2. The van der Waals surface area contributed by atoms with Gasteiger partial charge in [-0.1, -0.05) is 31.6 Å². The Labute approximate surface area is 174 Å². The van der Waals surface area contributed by atoms with Crippen molar-refractivity contribution in [1.29, 1.82) is 0 Å². The molecule has 0 unspecified atom stereocenters. The lowest BCUT2D eigenvalue weighted by atomic mass is 10.0. The molecule has 1 fully saturated rings. The highest BCUT2D eigenvalue weighted by Gasteiger charge is 2.37. The molecule has 1 aliphatic heterocycles. The fourth-order valence-electron chi connectivity index (χ4n) is 4.00. The van der Waals surface area contributed by atoms with Crippen molar-refractivity contribution in [2.24, 2.45) is 11.8 Å². The van der Waals surface area contributed by atoms with Crippen molar-refractivity contribution in [3.05, 3.63) is 23.8 Å². The SMILES string of the molecule is CNC[C@H]1Oc2cc(C#CC3CCCC3)ccc2S(=O)(=O)N([C@@H](C)CO)C[C@@H]1C. The predicted molar refractivity (Wildman–Crippen MR) is 113 cm³/mol. The lowest BCUT2D eigenvalue weighted by Gasteiger charge is -2.36. The van der Waals surface area contributed by atoms with Crippen LogP contribution in [0.1, 0.15) is 45.1 Å². The minimum Gasteiger partial charge on any atom is -0.487 e. The average molecular weight is 421 g/mol. The normalized spacial score (nSPS) is 25.8. The van der Waals surface area contributed by atoms with Crippen molar-refractivity contribution in [3.63, 3.8) is 0 Å². The molecule has 0 bridgehead atoms. The molecule has 2 N–H and O–H groups in total. The van der Waals surface area contributed by atoms with Crippen molar-refractivity contribution in [3.8, 4) is 17.6 Å². The van der Waals surface area contributed by atoms with Crippen molar-refractivity contribution in [2.45, 2.75) is 56.6 Å². The van der Waals surface area contributed by atoms with Crippen LogP contribution in [0.15, 0.2) is 23.1 Å². The van der Waals surface area contributed by atoms with Crippen LogP contribution in [0.3, 0.4) is 0 Å². The zero-order valence-electron chi connectivity index (χ0n) is 17.5. The van der Waals surface area contributed by atoms with Crippen LogP contribution in [0.5, 0.6) is 5.75 Å². The van der Waals surface area contributed by atoms with Gasteiger partial charge in [0.05, 0.1) is 6.61 Å². The van der Waals surface area contributed by atoms with Crippen LogP contribution in [0, 0.1) is 23.7 Å². The minimum atomic E-state index is -3.79. The summed E-state index contributed by atoms with van der Waals surface area (Å²) in [5.41, 5.74) is 0.768. The monoisotopic (exact) mass is 420 g/mol. The Balaban J connectivity index is 2.03. The summed E-state index contributed by atoms with van der Waals surface area (Å²) in [4.78, 5) is 0.136. The number of aliphatic hydroxyl groups excluding tert-OH is 1. The van der Waals surface area contributed by atoms with E-state index in [0.29, 0.717) is 24.8 Å². The molecule has 2 aliphatic rings. The summed E-state index contributed by atoms with van der Waals surface area (Å²) in [6.45, 7) is 4.35. The zero-order chi connectivity index (χ0) is 21.0. The second-order valence-corrected chi connectivity index (χ2v) is 10.1. The molecule has 0 saturated heterocycles. The predicted octanol–water partition coefficient (Wildman–Crippen LogP) is 2.22. The van der Waals surface area contributed by atoms with E-state index in [9.17, 15) is 13.5 Å². The number of rotatable bonds is 4. The molecule has 1 aliphatic carbocycles. The molecular formula is C22H32N2O4S. The molecule has 6 nitrogen and oxygen atoms in total. The van der Waals surface area contributed by atoms with Gasteiger partial charge in [0.25, 0.3) is 0 Å². The van der Waals surface area contributed by atoms with Crippen molar-refractivity contribution in [1.82, 2.24) is 9.62 Å². The molecule has 7 heteroatoms. The molecule has 3 atom stereocenters. The first-order chi connectivity index (χ1) is 13.9. The van der Waals surface area contributed by atoms with Gasteiger partial charge < -0.3 is 15.2 Å². The van der Waals surface area contributed by atoms with E-state index in [2.05, 4.69) is 17.2 Å². The molecule has 0 aromatic heterocycles. The standard InChI is InChI=1S/C22H32N2O4S/c1-16-14-24(17(2)15-25)29(26,27)22-11-10-19(9-8-18-6-4-5-7-18)12-20(22)28-21(16)13-23-3/h10-12,16-18,21,23,25H,4-7,13-15H2,1-3H3/t16-,17-,21+/m0/s1. The number of ether oxygens (including phenoxy) is 1. The molecular weight excluding hydrogens is 388 g/mol. The first kappa shape index (κ1) is 22.1. The van der Waals surface area contributed by atoms with Gasteiger partial charge in [0.2, 0.25) is 10.0 Å². The molecule has 0 spiro atoms. The van der Waals surface area contributed by atoms with E-state index in [1.807, 2.05) is 14.0 Å². The van der Waals surface area contributed by atoms with E-state index in [1.165, 1.54) is 17.1 Å². The Hall–Kier alpha value is -1.59. The first-order valence-electron chi connectivity index (χ1n) is 10.5. The van der Waals surface area contributed by atoms with Crippen LogP contribution in [0.2, 0.25) is 0 Å². The summed E-state index contributed by atoms with van der Waals surface area (Å²) in [7, 11) is -1.94. The minimum absolute atomic E-state index is 0.0485. The third-order valence-corrected chi connectivity index (χ3v) is 7.87. The van der Waals surface area contributed by atoms with Crippen molar-refractivity contribution in [2.75, 3.05) is 26.7 Å². The number of hydrogen-bond donors (Lipinski definition) is 2. The van der Waals surface area contributed by atoms with Crippen LogP contribution in [-0.4, -0.2) is 56.7 Å². The fourth-order valence-corrected chi connectivity index (χ4v) is 5.83. The van der Waals surface area contributed by atoms with Crippen LogP contribution >= 0.6 is 0 Å². The Bertz CT molecular complexity index is 869. The molecule has 0 radical (unpaired) electrons. The molecule has 160 valence electrons. The number of aliphatic hydroxyl groups is 1. The third-order valence-electron chi connectivity index (χ3n) is 5.85.